The normalized spacial score (nSPS) is 24.2. The number of rotatable bonds is 5. The molecule has 134 valence electrons. The smallest absolute Gasteiger partial charge is 0.269 e. The molecule has 2 aliphatic heterocycles. The molecule has 1 fully saturated rings. The zero-order valence-corrected chi connectivity index (χ0v) is 14.7. The van der Waals surface area contributed by atoms with Gasteiger partial charge in [0.1, 0.15) is 18.7 Å². The van der Waals surface area contributed by atoms with Crippen LogP contribution in [0.25, 0.3) is 0 Å². The van der Waals surface area contributed by atoms with Gasteiger partial charge >= 0.3 is 0 Å². The Bertz CT molecular complexity index is 748. The lowest BCUT2D eigenvalue weighted by Crippen LogP contribution is -2.37. The number of ether oxygens (including phenoxy) is 2. The standard InChI is InChI=1S/C17H18ClF2N3O2/c1-10-12(4-3-11(8-21)14(10)18)15-16(25-6-5-24-2)13-7-17(19,20)9-23(13)22-15/h3-4,13,16H,5-7,9H2,1-2H3. The van der Waals surface area contributed by atoms with Gasteiger partial charge in [0.15, 0.2) is 0 Å². The number of nitriles is 1. The lowest BCUT2D eigenvalue weighted by atomic mass is 9.94. The van der Waals surface area contributed by atoms with Crippen molar-refractivity contribution in [3.63, 3.8) is 0 Å². The Balaban J connectivity index is 1.96. The molecule has 2 aliphatic rings. The highest BCUT2D eigenvalue weighted by atomic mass is 35.5. The third kappa shape index (κ3) is 3.34. The van der Waals surface area contributed by atoms with Crippen molar-refractivity contribution < 1.29 is 18.3 Å². The molecule has 1 aromatic carbocycles. The Hall–Kier alpha value is -1.75. The van der Waals surface area contributed by atoms with E-state index in [0.29, 0.717) is 34.0 Å². The fourth-order valence-corrected chi connectivity index (χ4v) is 3.49. The van der Waals surface area contributed by atoms with Crippen LogP contribution in [0.2, 0.25) is 5.02 Å². The van der Waals surface area contributed by atoms with E-state index in [1.54, 1.807) is 26.2 Å². The van der Waals surface area contributed by atoms with Gasteiger partial charge in [0.05, 0.1) is 35.6 Å². The molecule has 25 heavy (non-hydrogen) atoms. The molecule has 2 atom stereocenters. The van der Waals surface area contributed by atoms with Crippen LogP contribution in [-0.4, -0.2) is 55.7 Å². The average molecular weight is 370 g/mol. The van der Waals surface area contributed by atoms with E-state index in [9.17, 15) is 8.78 Å². The molecule has 0 aliphatic carbocycles. The van der Waals surface area contributed by atoms with Crippen LogP contribution in [0, 0.1) is 18.3 Å². The molecule has 0 aromatic heterocycles. The van der Waals surface area contributed by atoms with E-state index in [4.69, 9.17) is 26.3 Å². The Kier molecular flexibility index (Phi) is 4.96. The molecule has 0 amide bonds. The number of hydrazone groups is 1. The topological polar surface area (TPSA) is 57.9 Å². The first kappa shape index (κ1) is 18.1. The van der Waals surface area contributed by atoms with Crippen LogP contribution in [-0.2, 0) is 9.47 Å². The molecular formula is C17H18ClF2N3O2. The maximum Gasteiger partial charge on any atom is 0.269 e. The van der Waals surface area contributed by atoms with E-state index in [1.165, 1.54) is 5.01 Å². The second kappa shape index (κ2) is 6.87. The minimum Gasteiger partial charge on any atom is -0.382 e. The molecule has 0 spiro atoms. The zero-order valence-electron chi connectivity index (χ0n) is 13.9. The maximum absolute atomic E-state index is 13.8. The largest absolute Gasteiger partial charge is 0.382 e. The number of hydrogen-bond donors (Lipinski definition) is 0. The minimum absolute atomic E-state index is 0.277. The van der Waals surface area contributed by atoms with E-state index in [-0.39, 0.29) is 13.0 Å². The molecule has 2 unspecified atom stereocenters. The molecule has 0 radical (unpaired) electrons. The van der Waals surface area contributed by atoms with E-state index in [0.717, 1.165) is 0 Å². The summed E-state index contributed by atoms with van der Waals surface area (Å²) in [7, 11) is 1.55. The van der Waals surface area contributed by atoms with Crippen molar-refractivity contribution in [2.45, 2.75) is 31.4 Å². The molecular weight excluding hydrogens is 352 g/mol. The second-order valence-corrected chi connectivity index (χ2v) is 6.58. The highest BCUT2D eigenvalue weighted by Gasteiger charge is 2.53. The van der Waals surface area contributed by atoms with Gasteiger partial charge in [-0.1, -0.05) is 17.7 Å². The maximum atomic E-state index is 13.8. The first-order valence-corrected chi connectivity index (χ1v) is 8.29. The Morgan fingerprint density at radius 3 is 2.88 bits per heavy atom. The van der Waals surface area contributed by atoms with Crippen LogP contribution in [0.4, 0.5) is 8.78 Å². The fourth-order valence-electron chi connectivity index (χ4n) is 3.28. The number of fused-ring (bicyclic) bond motifs is 1. The van der Waals surface area contributed by atoms with Gasteiger partial charge in [-0.2, -0.15) is 10.4 Å². The lowest BCUT2D eigenvalue weighted by molar-refractivity contribution is 0.00509. The van der Waals surface area contributed by atoms with Crippen molar-refractivity contribution in [1.82, 2.24) is 5.01 Å². The monoisotopic (exact) mass is 369 g/mol. The van der Waals surface area contributed by atoms with E-state index < -0.39 is 24.6 Å². The van der Waals surface area contributed by atoms with Gasteiger partial charge in [0.2, 0.25) is 0 Å². The lowest BCUT2D eigenvalue weighted by Gasteiger charge is -2.22. The molecule has 5 nitrogen and oxygen atoms in total. The van der Waals surface area contributed by atoms with E-state index >= 15 is 0 Å². The van der Waals surface area contributed by atoms with Crippen molar-refractivity contribution in [3.8, 4) is 6.07 Å². The van der Waals surface area contributed by atoms with Gasteiger partial charge in [-0.25, -0.2) is 8.78 Å². The molecule has 1 saturated heterocycles. The molecule has 0 N–H and O–H groups in total. The van der Waals surface area contributed by atoms with Gasteiger partial charge in [-0.3, -0.25) is 5.01 Å². The van der Waals surface area contributed by atoms with Crippen LogP contribution < -0.4 is 0 Å². The van der Waals surface area contributed by atoms with E-state index in [1.807, 2.05) is 6.07 Å². The summed E-state index contributed by atoms with van der Waals surface area (Å²) in [6, 6.07) is 4.86. The average Bonchev–Trinajstić information content (AvgIpc) is 3.03. The molecule has 2 heterocycles. The number of methoxy groups -OCH3 is 1. The summed E-state index contributed by atoms with van der Waals surface area (Å²) in [5.41, 5.74) is 2.34. The van der Waals surface area contributed by atoms with Gasteiger partial charge in [-0.05, 0) is 18.6 Å². The number of nitrogens with zero attached hydrogens (tertiary/aromatic N) is 3. The summed E-state index contributed by atoms with van der Waals surface area (Å²) < 4.78 is 38.3. The summed E-state index contributed by atoms with van der Waals surface area (Å²) in [5.74, 6) is -2.78. The molecule has 3 rings (SSSR count). The number of alkyl halides is 2. The van der Waals surface area contributed by atoms with Crippen LogP contribution >= 0.6 is 11.6 Å². The Labute approximate surface area is 149 Å². The van der Waals surface area contributed by atoms with Crippen LogP contribution in [0.5, 0.6) is 0 Å². The first-order valence-electron chi connectivity index (χ1n) is 7.91. The fraction of sp³-hybridized carbons (Fsp3) is 0.529. The van der Waals surface area contributed by atoms with Crippen molar-refractivity contribution in [1.29, 1.82) is 5.26 Å². The van der Waals surface area contributed by atoms with Gasteiger partial charge in [-0.15, -0.1) is 0 Å². The van der Waals surface area contributed by atoms with Crippen LogP contribution in [0.15, 0.2) is 17.2 Å². The summed E-state index contributed by atoms with van der Waals surface area (Å²) in [4.78, 5) is 0. The zero-order chi connectivity index (χ0) is 18.2. The quantitative estimate of drug-likeness (QED) is 0.749. The third-order valence-electron chi connectivity index (χ3n) is 4.51. The van der Waals surface area contributed by atoms with Crippen molar-refractivity contribution in [2.75, 3.05) is 26.9 Å². The first-order chi connectivity index (χ1) is 11.9. The Morgan fingerprint density at radius 2 is 2.20 bits per heavy atom. The summed E-state index contributed by atoms with van der Waals surface area (Å²) in [6.45, 7) is 2.00. The third-order valence-corrected chi connectivity index (χ3v) is 4.99. The van der Waals surface area contributed by atoms with Crippen LogP contribution in [0.1, 0.15) is 23.1 Å². The predicted octanol–water partition coefficient (Wildman–Crippen LogP) is 2.98. The van der Waals surface area contributed by atoms with Gasteiger partial charge in [0.25, 0.3) is 5.92 Å². The van der Waals surface area contributed by atoms with E-state index in [2.05, 4.69) is 5.10 Å². The molecule has 0 bridgehead atoms. The summed E-state index contributed by atoms with van der Waals surface area (Å²) in [6.07, 6.45) is -0.896. The van der Waals surface area contributed by atoms with Gasteiger partial charge in [0, 0.05) is 19.1 Å². The van der Waals surface area contributed by atoms with Crippen LogP contribution in [0.3, 0.4) is 0 Å². The van der Waals surface area contributed by atoms with Gasteiger partial charge < -0.3 is 9.47 Å². The predicted molar refractivity (Wildman–Crippen MR) is 89.1 cm³/mol. The SMILES string of the molecule is COCCOC1C(c2ccc(C#N)c(Cl)c2C)=NN2CC(F)(F)CC12. The van der Waals surface area contributed by atoms with Crippen molar-refractivity contribution in [3.05, 3.63) is 33.8 Å². The number of halogens is 3. The highest BCUT2D eigenvalue weighted by Crippen LogP contribution is 2.40. The molecule has 0 saturated carbocycles. The number of hydrogen-bond acceptors (Lipinski definition) is 5. The number of benzene rings is 1. The molecule has 1 aromatic rings. The minimum atomic E-state index is -2.78. The van der Waals surface area contributed by atoms with Crippen molar-refractivity contribution >= 4 is 17.3 Å². The van der Waals surface area contributed by atoms with Crippen molar-refractivity contribution in [2.24, 2.45) is 5.10 Å². The molecule has 8 heteroatoms. The highest BCUT2D eigenvalue weighted by molar-refractivity contribution is 6.33. The summed E-state index contributed by atoms with van der Waals surface area (Å²) in [5, 5.41) is 15.2. The second-order valence-electron chi connectivity index (χ2n) is 6.21. The summed E-state index contributed by atoms with van der Waals surface area (Å²) >= 11 is 6.25. The Morgan fingerprint density at radius 1 is 1.44 bits per heavy atom.